The van der Waals surface area contributed by atoms with Crippen molar-refractivity contribution in [2.45, 2.75) is 31.9 Å². The monoisotopic (exact) mass is 254 g/mol. The molecule has 0 saturated carbocycles. The molecule has 1 unspecified atom stereocenters. The number of hydrogen-bond donors (Lipinski definition) is 1. The van der Waals surface area contributed by atoms with Crippen LogP contribution in [0.1, 0.15) is 35.7 Å². The van der Waals surface area contributed by atoms with Crippen LogP contribution in [0.15, 0.2) is 42.5 Å². The number of aromatic nitrogens is 1. The van der Waals surface area contributed by atoms with Crippen molar-refractivity contribution in [2.75, 3.05) is 0 Å². The van der Waals surface area contributed by atoms with Crippen molar-refractivity contribution < 1.29 is 4.74 Å². The zero-order chi connectivity index (χ0) is 13.1. The first-order valence-electron chi connectivity index (χ1n) is 6.75. The van der Waals surface area contributed by atoms with Gasteiger partial charge in [-0.2, -0.15) is 0 Å². The molecule has 1 aromatic carbocycles. The van der Waals surface area contributed by atoms with E-state index in [1.54, 1.807) is 0 Å². The van der Waals surface area contributed by atoms with E-state index in [4.69, 9.17) is 10.5 Å². The molecule has 98 valence electrons. The number of hydrogen-bond acceptors (Lipinski definition) is 3. The molecule has 2 aromatic rings. The van der Waals surface area contributed by atoms with E-state index >= 15 is 0 Å². The Hall–Kier alpha value is -1.87. The van der Waals surface area contributed by atoms with Crippen LogP contribution in [0.25, 0.3) is 0 Å². The number of aryl methyl sites for hydroxylation is 1. The molecule has 1 heterocycles. The minimum atomic E-state index is 0.138. The third-order valence-corrected chi connectivity index (χ3v) is 3.54. The SMILES string of the molecule is NC1CCCc2nc(OCc3ccccc3)ccc21. The molecule has 0 aliphatic heterocycles. The number of nitrogens with zero attached hydrogens (tertiary/aromatic N) is 1. The summed E-state index contributed by atoms with van der Waals surface area (Å²) in [4.78, 5) is 4.58. The highest BCUT2D eigenvalue weighted by Gasteiger charge is 2.18. The lowest BCUT2D eigenvalue weighted by molar-refractivity contribution is 0.292. The third-order valence-electron chi connectivity index (χ3n) is 3.54. The number of fused-ring (bicyclic) bond motifs is 1. The summed E-state index contributed by atoms with van der Waals surface area (Å²) in [5, 5.41) is 0. The lowest BCUT2D eigenvalue weighted by Crippen LogP contribution is -2.18. The molecule has 0 radical (unpaired) electrons. The topological polar surface area (TPSA) is 48.1 Å². The largest absolute Gasteiger partial charge is 0.473 e. The van der Waals surface area contributed by atoms with Crippen molar-refractivity contribution in [3.8, 4) is 5.88 Å². The number of ether oxygens (including phenoxy) is 1. The molecule has 0 bridgehead atoms. The maximum absolute atomic E-state index is 6.08. The van der Waals surface area contributed by atoms with Gasteiger partial charge in [-0.1, -0.05) is 36.4 Å². The quantitative estimate of drug-likeness (QED) is 0.916. The van der Waals surface area contributed by atoms with Crippen LogP contribution in [0, 0.1) is 0 Å². The Morgan fingerprint density at radius 1 is 1.16 bits per heavy atom. The molecule has 19 heavy (non-hydrogen) atoms. The normalized spacial score (nSPS) is 17.8. The van der Waals surface area contributed by atoms with Gasteiger partial charge in [-0.15, -0.1) is 0 Å². The Morgan fingerprint density at radius 3 is 2.84 bits per heavy atom. The van der Waals surface area contributed by atoms with Crippen molar-refractivity contribution in [3.05, 3.63) is 59.3 Å². The van der Waals surface area contributed by atoms with Gasteiger partial charge in [0, 0.05) is 17.8 Å². The highest BCUT2D eigenvalue weighted by molar-refractivity contribution is 5.30. The van der Waals surface area contributed by atoms with Crippen molar-refractivity contribution in [3.63, 3.8) is 0 Å². The highest BCUT2D eigenvalue weighted by Crippen LogP contribution is 2.28. The molecule has 3 nitrogen and oxygen atoms in total. The average Bonchev–Trinajstić information content (AvgIpc) is 2.46. The summed E-state index contributed by atoms with van der Waals surface area (Å²) in [5.74, 6) is 0.691. The second-order valence-corrected chi connectivity index (χ2v) is 4.96. The van der Waals surface area contributed by atoms with Crippen LogP contribution < -0.4 is 10.5 Å². The van der Waals surface area contributed by atoms with E-state index in [-0.39, 0.29) is 6.04 Å². The molecule has 1 aromatic heterocycles. The van der Waals surface area contributed by atoms with E-state index in [9.17, 15) is 0 Å². The smallest absolute Gasteiger partial charge is 0.213 e. The van der Waals surface area contributed by atoms with Gasteiger partial charge in [0.2, 0.25) is 5.88 Å². The first-order valence-corrected chi connectivity index (χ1v) is 6.75. The lowest BCUT2D eigenvalue weighted by Gasteiger charge is -2.21. The van der Waals surface area contributed by atoms with Crippen LogP contribution in [-0.2, 0) is 13.0 Å². The Morgan fingerprint density at radius 2 is 2.00 bits per heavy atom. The summed E-state index contributed by atoms with van der Waals surface area (Å²) in [6, 6.07) is 14.2. The minimum absolute atomic E-state index is 0.138. The number of nitrogens with two attached hydrogens (primary N) is 1. The summed E-state index contributed by atoms with van der Waals surface area (Å²) >= 11 is 0. The zero-order valence-electron chi connectivity index (χ0n) is 10.9. The molecule has 0 amide bonds. The Bertz CT molecular complexity index is 554. The molecule has 0 fully saturated rings. The van der Waals surface area contributed by atoms with Crippen molar-refractivity contribution in [2.24, 2.45) is 5.73 Å². The van der Waals surface area contributed by atoms with Gasteiger partial charge in [-0.25, -0.2) is 4.98 Å². The lowest BCUT2D eigenvalue weighted by atomic mass is 9.92. The Labute approximate surface area is 113 Å². The van der Waals surface area contributed by atoms with E-state index in [1.807, 2.05) is 36.4 Å². The summed E-state index contributed by atoms with van der Waals surface area (Å²) in [7, 11) is 0. The van der Waals surface area contributed by atoms with E-state index in [2.05, 4.69) is 11.1 Å². The van der Waals surface area contributed by atoms with E-state index < -0.39 is 0 Å². The van der Waals surface area contributed by atoms with Crippen LogP contribution >= 0.6 is 0 Å². The fourth-order valence-electron chi connectivity index (χ4n) is 2.49. The predicted octanol–water partition coefficient (Wildman–Crippen LogP) is 3.00. The van der Waals surface area contributed by atoms with Crippen LogP contribution in [0.3, 0.4) is 0 Å². The van der Waals surface area contributed by atoms with Gasteiger partial charge < -0.3 is 10.5 Å². The summed E-state index contributed by atoms with van der Waals surface area (Å²) in [6.45, 7) is 0.554. The van der Waals surface area contributed by atoms with Gasteiger partial charge in [-0.3, -0.25) is 0 Å². The van der Waals surface area contributed by atoms with Crippen LogP contribution in [0.5, 0.6) is 5.88 Å². The zero-order valence-corrected chi connectivity index (χ0v) is 10.9. The Kier molecular flexibility index (Phi) is 3.47. The summed E-state index contributed by atoms with van der Waals surface area (Å²) < 4.78 is 5.74. The number of benzene rings is 1. The van der Waals surface area contributed by atoms with Crippen molar-refractivity contribution in [1.29, 1.82) is 0 Å². The van der Waals surface area contributed by atoms with E-state index in [0.29, 0.717) is 12.5 Å². The van der Waals surface area contributed by atoms with Crippen LogP contribution in [0.2, 0.25) is 0 Å². The Balaban J connectivity index is 1.72. The van der Waals surface area contributed by atoms with Gasteiger partial charge in [0.05, 0.1) is 0 Å². The highest BCUT2D eigenvalue weighted by atomic mass is 16.5. The van der Waals surface area contributed by atoms with Gasteiger partial charge in [-0.05, 0) is 30.4 Å². The number of rotatable bonds is 3. The molecule has 3 rings (SSSR count). The summed E-state index contributed by atoms with van der Waals surface area (Å²) in [6.07, 6.45) is 3.17. The fourth-order valence-corrected chi connectivity index (χ4v) is 2.49. The second kappa shape index (κ2) is 5.41. The maximum atomic E-state index is 6.08. The van der Waals surface area contributed by atoms with E-state index in [1.165, 1.54) is 5.56 Å². The van der Waals surface area contributed by atoms with Gasteiger partial charge in [0.25, 0.3) is 0 Å². The predicted molar refractivity (Wildman–Crippen MR) is 74.9 cm³/mol. The molecular weight excluding hydrogens is 236 g/mol. The fraction of sp³-hybridized carbons (Fsp3) is 0.312. The maximum Gasteiger partial charge on any atom is 0.213 e. The van der Waals surface area contributed by atoms with Gasteiger partial charge in [0.15, 0.2) is 0 Å². The van der Waals surface area contributed by atoms with Gasteiger partial charge in [0.1, 0.15) is 6.61 Å². The average molecular weight is 254 g/mol. The molecule has 1 aliphatic rings. The van der Waals surface area contributed by atoms with Crippen LogP contribution in [-0.4, -0.2) is 4.98 Å². The summed E-state index contributed by atoms with van der Waals surface area (Å²) in [5.41, 5.74) is 9.51. The standard InChI is InChI=1S/C16H18N2O/c17-14-7-4-8-15-13(14)9-10-16(18-15)19-11-12-5-2-1-3-6-12/h1-3,5-6,9-10,14H,4,7-8,11,17H2. The third kappa shape index (κ3) is 2.76. The minimum Gasteiger partial charge on any atom is -0.473 e. The molecule has 2 N–H and O–H groups in total. The van der Waals surface area contributed by atoms with Crippen LogP contribution in [0.4, 0.5) is 0 Å². The first-order chi connectivity index (χ1) is 9.33. The molecule has 1 atom stereocenters. The van der Waals surface area contributed by atoms with E-state index in [0.717, 1.165) is 30.5 Å². The molecule has 0 saturated heterocycles. The first kappa shape index (κ1) is 12.2. The second-order valence-electron chi connectivity index (χ2n) is 4.96. The van der Waals surface area contributed by atoms with Gasteiger partial charge >= 0.3 is 0 Å². The molecule has 1 aliphatic carbocycles. The molecular formula is C16H18N2O. The van der Waals surface area contributed by atoms with Crippen molar-refractivity contribution >= 4 is 0 Å². The molecule has 3 heteroatoms. The molecule has 0 spiro atoms. The van der Waals surface area contributed by atoms with Crippen molar-refractivity contribution in [1.82, 2.24) is 4.98 Å². The number of pyridine rings is 1.